The molecule has 1 rings (SSSR count). The van der Waals surface area contributed by atoms with Gasteiger partial charge in [0.25, 0.3) is 0 Å². The van der Waals surface area contributed by atoms with Gasteiger partial charge in [0, 0.05) is 6.08 Å². The molecular weight excluding hydrogens is 214 g/mol. The van der Waals surface area contributed by atoms with Crippen LogP contribution in [-0.2, 0) is 4.79 Å². The van der Waals surface area contributed by atoms with Gasteiger partial charge in [0.1, 0.15) is 0 Å². The van der Waals surface area contributed by atoms with Crippen LogP contribution in [0.5, 0.6) is 0 Å². The first kappa shape index (κ1) is 12.1. The molecule has 0 saturated heterocycles. The van der Waals surface area contributed by atoms with Crippen LogP contribution in [0.1, 0.15) is 12.5 Å². The van der Waals surface area contributed by atoms with E-state index in [-0.39, 0.29) is 0 Å². The first-order valence-corrected chi connectivity index (χ1v) is 4.54. The first-order valence-electron chi connectivity index (χ1n) is 4.54. The van der Waals surface area contributed by atoms with Gasteiger partial charge in [-0.15, -0.1) is 0 Å². The van der Waals surface area contributed by atoms with Crippen molar-refractivity contribution < 1.29 is 18.7 Å². The second-order valence-corrected chi connectivity index (χ2v) is 3.18. The fraction of sp³-hybridized carbons (Fsp3) is 0.0833. The fourth-order valence-corrected chi connectivity index (χ4v) is 1.11. The Kier molecular flexibility index (Phi) is 3.94. The maximum atomic E-state index is 12.9. The normalized spacial score (nSPS) is 12.1. The van der Waals surface area contributed by atoms with Crippen LogP contribution in [0.15, 0.2) is 36.4 Å². The molecule has 0 aliphatic rings. The zero-order valence-electron chi connectivity index (χ0n) is 8.58. The average molecular weight is 224 g/mol. The fourth-order valence-electron chi connectivity index (χ4n) is 1.11. The van der Waals surface area contributed by atoms with Crippen molar-refractivity contribution in [2.75, 3.05) is 0 Å². The van der Waals surface area contributed by atoms with Crippen molar-refractivity contribution in [1.29, 1.82) is 0 Å². The molecule has 0 spiro atoms. The molecule has 0 heterocycles. The van der Waals surface area contributed by atoms with Crippen LogP contribution in [-0.4, -0.2) is 11.1 Å². The Morgan fingerprint density at radius 1 is 1.31 bits per heavy atom. The van der Waals surface area contributed by atoms with Gasteiger partial charge >= 0.3 is 5.97 Å². The highest BCUT2D eigenvalue weighted by Crippen LogP contribution is 2.16. The Morgan fingerprint density at radius 2 is 2.00 bits per heavy atom. The zero-order valence-corrected chi connectivity index (χ0v) is 8.58. The molecule has 0 unspecified atom stereocenters. The molecule has 0 amide bonds. The van der Waals surface area contributed by atoms with Crippen molar-refractivity contribution in [3.05, 3.63) is 53.6 Å². The summed E-state index contributed by atoms with van der Waals surface area (Å²) in [6.07, 6.45) is 3.81. The van der Waals surface area contributed by atoms with Gasteiger partial charge in [-0.2, -0.15) is 0 Å². The molecule has 0 bridgehead atoms. The summed E-state index contributed by atoms with van der Waals surface area (Å²) in [6, 6.07) is 3.53. The number of hydrogen-bond acceptors (Lipinski definition) is 1. The molecule has 0 aliphatic carbocycles. The van der Waals surface area contributed by atoms with E-state index in [1.807, 2.05) is 0 Å². The van der Waals surface area contributed by atoms with Gasteiger partial charge in [-0.3, -0.25) is 0 Å². The third-order valence-electron chi connectivity index (χ3n) is 1.96. The van der Waals surface area contributed by atoms with E-state index in [4.69, 9.17) is 5.11 Å². The molecular formula is C12H10F2O2. The summed E-state index contributed by atoms with van der Waals surface area (Å²) in [6.45, 7) is 1.68. The summed E-state index contributed by atoms with van der Waals surface area (Å²) in [5, 5.41) is 8.35. The first-order chi connectivity index (χ1) is 7.50. The molecule has 2 nitrogen and oxygen atoms in total. The number of benzene rings is 1. The van der Waals surface area contributed by atoms with E-state index in [1.165, 1.54) is 18.2 Å². The van der Waals surface area contributed by atoms with Crippen molar-refractivity contribution in [2.45, 2.75) is 6.92 Å². The minimum Gasteiger partial charge on any atom is -0.478 e. The number of hydrogen-bond donors (Lipinski definition) is 1. The van der Waals surface area contributed by atoms with Gasteiger partial charge in [0.15, 0.2) is 11.6 Å². The number of halogens is 2. The highest BCUT2D eigenvalue weighted by atomic mass is 19.2. The van der Waals surface area contributed by atoms with Crippen molar-refractivity contribution in [2.24, 2.45) is 0 Å². The molecule has 1 aromatic rings. The van der Waals surface area contributed by atoms with E-state index >= 15 is 0 Å². The molecule has 1 N–H and O–H groups in total. The third kappa shape index (κ3) is 3.31. The molecule has 16 heavy (non-hydrogen) atoms. The van der Waals surface area contributed by atoms with Crippen LogP contribution >= 0.6 is 0 Å². The number of allylic oxidation sites excluding steroid dienone is 3. The number of aliphatic carboxylic acids is 1. The highest BCUT2D eigenvalue weighted by molar-refractivity contribution is 5.80. The summed E-state index contributed by atoms with van der Waals surface area (Å²) in [5.74, 6) is -2.89. The third-order valence-corrected chi connectivity index (χ3v) is 1.96. The van der Waals surface area contributed by atoms with Crippen molar-refractivity contribution in [1.82, 2.24) is 0 Å². The molecule has 0 atom stereocenters. The van der Waals surface area contributed by atoms with Crippen LogP contribution in [0.4, 0.5) is 8.78 Å². The van der Waals surface area contributed by atoms with Crippen LogP contribution in [0, 0.1) is 11.6 Å². The lowest BCUT2D eigenvalue weighted by molar-refractivity contribution is -0.131. The summed E-state index contributed by atoms with van der Waals surface area (Å²) in [5.41, 5.74) is 1.16. The van der Waals surface area contributed by atoms with Crippen molar-refractivity contribution in [3.63, 3.8) is 0 Å². The molecule has 1 aromatic carbocycles. The monoisotopic (exact) mass is 224 g/mol. The number of carbonyl (C=O) groups is 1. The molecule has 0 aliphatic heterocycles. The van der Waals surface area contributed by atoms with Crippen molar-refractivity contribution in [3.8, 4) is 0 Å². The Hall–Kier alpha value is -1.97. The predicted octanol–water partition coefficient (Wildman–Crippen LogP) is 3.01. The lowest BCUT2D eigenvalue weighted by Gasteiger charge is -2.00. The molecule has 0 aromatic heterocycles. The standard InChI is InChI=1S/C12H10F2O2/c1-8(3-2-4-12(15)16)9-5-6-10(13)11(14)7-9/h2-7H,1H3,(H,15,16)/b4-2+,8-3+. The second-order valence-electron chi connectivity index (χ2n) is 3.18. The highest BCUT2D eigenvalue weighted by Gasteiger charge is 2.02. The van der Waals surface area contributed by atoms with E-state index < -0.39 is 17.6 Å². The van der Waals surface area contributed by atoms with Gasteiger partial charge in [0.05, 0.1) is 0 Å². The average Bonchev–Trinajstić information content (AvgIpc) is 2.21. The molecule has 0 fully saturated rings. The summed E-state index contributed by atoms with van der Waals surface area (Å²) in [7, 11) is 0. The van der Waals surface area contributed by atoms with E-state index in [1.54, 1.807) is 6.92 Å². The van der Waals surface area contributed by atoms with Gasteiger partial charge in [-0.1, -0.05) is 18.2 Å². The lowest BCUT2D eigenvalue weighted by Crippen LogP contribution is -1.87. The van der Waals surface area contributed by atoms with Crippen LogP contribution in [0.25, 0.3) is 5.57 Å². The van der Waals surface area contributed by atoms with Gasteiger partial charge in [-0.05, 0) is 30.2 Å². The largest absolute Gasteiger partial charge is 0.478 e. The van der Waals surface area contributed by atoms with Crippen LogP contribution in [0.3, 0.4) is 0 Å². The maximum absolute atomic E-state index is 12.9. The molecule has 0 saturated carbocycles. The smallest absolute Gasteiger partial charge is 0.328 e. The molecule has 84 valence electrons. The van der Waals surface area contributed by atoms with E-state index in [2.05, 4.69) is 0 Å². The number of rotatable bonds is 3. The van der Waals surface area contributed by atoms with Crippen LogP contribution in [0.2, 0.25) is 0 Å². The van der Waals surface area contributed by atoms with E-state index in [0.29, 0.717) is 11.1 Å². The van der Waals surface area contributed by atoms with Gasteiger partial charge in [0.2, 0.25) is 0 Å². The minimum atomic E-state index is -1.06. The Balaban J connectivity index is 2.92. The maximum Gasteiger partial charge on any atom is 0.328 e. The van der Waals surface area contributed by atoms with E-state index in [9.17, 15) is 13.6 Å². The second kappa shape index (κ2) is 5.21. The number of carboxylic acids is 1. The quantitative estimate of drug-likeness (QED) is 0.633. The SMILES string of the molecule is C/C(=C\C=C\C(=O)O)c1ccc(F)c(F)c1. The Labute approximate surface area is 91.5 Å². The van der Waals surface area contributed by atoms with Crippen molar-refractivity contribution >= 4 is 11.5 Å². The Morgan fingerprint density at radius 3 is 2.56 bits per heavy atom. The lowest BCUT2D eigenvalue weighted by atomic mass is 10.1. The minimum absolute atomic E-state index is 0.508. The molecule has 0 radical (unpaired) electrons. The topological polar surface area (TPSA) is 37.3 Å². The van der Waals surface area contributed by atoms with E-state index in [0.717, 1.165) is 18.2 Å². The predicted molar refractivity (Wildman–Crippen MR) is 56.8 cm³/mol. The van der Waals surface area contributed by atoms with Gasteiger partial charge < -0.3 is 5.11 Å². The van der Waals surface area contributed by atoms with Gasteiger partial charge in [-0.25, -0.2) is 13.6 Å². The number of carboxylic acid groups (broad SMARTS) is 1. The summed E-state index contributed by atoms with van der Waals surface area (Å²) < 4.78 is 25.5. The summed E-state index contributed by atoms with van der Waals surface area (Å²) >= 11 is 0. The Bertz CT molecular complexity index is 462. The summed E-state index contributed by atoms with van der Waals surface area (Å²) in [4.78, 5) is 10.2. The van der Waals surface area contributed by atoms with Crippen LogP contribution < -0.4 is 0 Å². The molecule has 4 heteroatoms. The zero-order chi connectivity index (χ0) is 12.1.